The van der Waals surface area contributed by atoms with Crippen LogP contribution in [-0.2, 0) is 40.0 Å². The lowest BCUT2D eigenvalue weighted by Crippen LogP contribution is -2.63. The van der Waals surface area contributed by atoms with Crippen LogP contribution in [-0.4, -0.2) is 134 Å². The highest BCUT2D eigenvalue weighted by Gasteiger charge is 2.37. The summed E-state index contributed by atoms with van der Waals surface area (Å²) in [5, 5.41) is 65.0. The van der Waals surface area contributed by atoms with E-state index in [9.17, 15) is 59.1 Å². The van der Waals surface area contributed by atoms with Gasteiger partial charge in [0.1, 0.15) is 48.0 Å². The normalized spacial score (nSPS) is 16.5. The summed E-state index contributed by atoms with van der Waals surface area (Å²) in [6, 6.07) is -4.22. The third-order valence-corrected chi connectivity index (χ3v) is 9.20. The average molecular weight is 839 g/mol. The third kappa shape index (κ3) is 18.7. The van der Waals surface area contributed by atoms with E-state index in [1.165, 1.54) is 45.0 Å². The van der Waals surface area contributed by atoms with Crippen LogP contribution < -0.4 is 43.4 Å². The maximum atomic E-state index is 13.8. The first kappa shape index (κ1) is 52.1. The predicted octanol–water partition coefficient (Wildman–Crippen LogP) is -2.38. The fraction of sp³-hybridized carbons (Fsp3) is 0.667. The number of hydrogen-bond acceptors (Lipinski definition) is 13. The highest BCUT2D eigenvalue weighted by molar-refractivity contribution is 5.97. The van der Waals surface area contributed by atoms with E-state index >= 15 is 0 Å². The Bertz CT molecular complexity index is 1540. The molecule has 15 N–H and O–H groups in total. The number of benzene rings is 1. The molecule has 0 fully saturated rings. The van der Waals surface area contributed by atoms with Crippen molar-refractivity contribution in [3.8, 4) is 5.75 Å². The summed E-state index contributed by atoms with van der Waals surface area (Å²) in [5.41, 5.74) is 11.9. The van der Waals surface area contributed by atoms with Gasteiger partial charge >= 0.3 is 5.97 Å². The number of nitrogens with one attached hydrogen (secondary N) is 6. The summed E-state index contributed by atoms with van der Waals surface area (Å²) in [6.07, 6.45) is -3.52. The standard InChI is InChI=1S/C39H66N8O12/c1-19(2)16-27(34(53)45-29(39(58)59)18-24-11-13-25(51)14-12-24)43-33(52)26(10-8-9-15-40)42-37(56)31(22(6)49)47-38(57)32(23(7)50)46-35(54)28(17-20(3)4)44-36(55)30(41)21(5)48/h11-14,19-23,26-32,48-51H,8-10,15-18,40-41H2,1-7H3,(H,42,56)(H,43,52)(H,44,55)(H,45,53)(H,46,54)(H,47,57)(H,58,59)/t21-,22-,23-,26+,27+,28+,29+,30+,31+,32+/m1/s1. The molecule has 10 atom stereocenters. The molecule has 6 amide bonds. The van der Waals surface area contributed by atoms with Crippen molar-refractivity contribution in [2.24, 2.45) is 23.3 Å². The fourth-order valence-corrected chi connectivity index (χ4v) is 5.84. The number of rotatable bonds is 26. The van der Waals surface area contributed by atoms with E-state index in [2.05, 4.69) is 31.9 Å². The zero-order valence-electron chi connectivity index (χ0n) is 34.9. The van der Waals surface area contributed by atoms with Crippen LogP contribution >= 0.6 is 0 Å². The van der Waals surface area contributed by atoms with Gasteiger partial charge in [-0.3, -0.25) is 28.8 Å². The minimum Gasteiger partial charge on any atom is -0.508 e. The zero-order valence-corrected chi connectivity index (χ0v) is 34.9. The molecule has 0 aliphatic carbocycles. The molecular formula is C39H66N8O12. The van der Waals surface area contributed by atoms with E-state index < -0.39 is 102 Å². The number of aromatic hydroxyl groups is 1. The summed E-state index contributed by atoms with van der Waals surface area (Å²) in [6.45, 7) is 11.0. The molecule has 0 radical (unpaired) electrons. The summed E-state index contributed by atoms with van der Waals surface area (Å²) < 4.78 is 0. The van der Waals surface area contributed by atoms with Crippen molar-refractivity contribution in [3.63, 3.8) is 0 Å². The van der Waals surface area contributed by atoms with E-state index in [4.69, 9.17) is 11.5 Å². The molecule has 0 heterocycles. The summed E-state index contributed by atoms with van der Waals surface area (Å²) in [5.74, 6) is -7.12. The molecule has 0 unspecified atom stereocenters. The quantitative estimate of drug-likeness (QED) is 0.0434. The minimum absolute atomic E-state index is 0.0118. The van der Waals surface area contributed by atoms with E-state index in [0.717, 1.165) is 0 Å². The van der Waals surface area contributed by atoms with Crippen molar-refractivity contribution in [2.75, 3.05) is 6.54 Å². The van der Waals surface area contributed by atoms with Crippen LogP contribution in [0.5, 0.6) is 5.75 Å². The molecule has 0 saturated carbocycles. The van der Waals surface area contributed by atoms with Gasteiger partial charge in [0.05, 0.1) is 18.3 Å². The Morgan fingerprint density at radius 2 is 0.966 bits per heavy atom. The monoisotopic (exact) mass is 838 g/mol. The van der Waals surface area contributed by atoms with Crippen LogP contribution in [0.25, 0.3) is 0 Å². The SMILES string of the molecule is CC(C)C[C@H](NC(=O)[C@H](CCCCN)NC(=O)[C@@H](NC(=O)[C@@H](NC(=O)[C@H](CC(C)C)NC(=O)[C@@H](N)[C@@H](C)O)[C@@H](C)O)[C@@H](C)O)C(=O)N[C@@H](Cc1ccc(O)cc1)C(=O)O. The topological polar surface area (TPSA) is 345 Å². The van der Waals surface area contributed by atoms with Crippen LogP contribution in [0.15, 0.2) is 24.3 Å². The van der Waals surface area contributed by atoms with E-state index in [1.54, 1.807) is 27.7 Å². The molecule has 334 valence electrons. The van der Waals surface area contributed by atoms with Gasteiger partial charge < -0.3 is 68.9 Å². The number of carbonyl (C=O) groups is 7. The molecule has 0 spiro atoms. The molecule has 1 rings (SSSR count). The average Bonchev–Trinajstić information content (AvgIpc) is 3.14. The summed E-state index contributed by atoms with van der Waals surface area (Å²) in [7, 11) is 0. The number of aliphatic hydroxyl groups is 3. The number of aliphatic hydroxyl groups excluding tert-OH is 3. The second-order valence-electron chi connectivity index (χ2n) is 15.7. The number of unbranched alkanes of at least 4 members (excludes halogenated alkanes) is 1. The largest absolute Gasteiger partial charge is 0.508 e. The number of carboxylic acid groups (broad SMARTS) is 1. The predicted molar refractivity (Wildman–Crippen MR) is 216 cm³/mol. The van der Waals surface area contributed by atoms with Crippen LogP contribution in [0, 0.1) is 11.8 Å². The second kappa shape index (κ2) is 25.6. The molecule has 1 aromatic carbocycles. The Morgan fingerprint density at radius 3 is 1.41 bits per heavy atom. The van der Waals surface area contributed by atoms with E-state index in [-0.39, 0.29) is 49.8 Å². The van der Waals surface area contributed by atoms with E-state index in [1.807, 2.05) is 0 Å². The maximum Gasteiger partial charge on any atom is 0.326 e. The Hall–Kier alpha value is -4.89. The molecule has 0 bridgehead atoms. The van der Waals surface area contributed by atoms with Crippen molar-refractivity contribution in [1.29, 1.82) is 0 Å². The maximum absolute atomic E-state index is 13.8. The Balaban J connectivity index is 3.28. The van der Waals surface area contributed by atoms with Crippen molar-refractivity contribution in [2.45, 2.75) is 148 Å². The fourth-order valence-electron chi connectivity index (χ4n) is 5.84. The first-order chi connectivity index (χ1) is 27.5. The molecule has 1 aromatic rings. The number of aliphatic carboxylic acids is 1. The highest BCUT2D eigenvalue weighted by atomic mass is 16.4. The summed E-state index contributed by atoms with van der Waals surface area (Å²) >= 11 is 0. The molecule has 20 heteroatoms. The van der Waals surface area contributed by atoms with Gasteiger partial charge in [-0.1, -0.05) is 39.8 Å². The molecule has 0 aliphatic heterocycles. The molecular weight excluding hydrogens is 772 g/mol. The van der Waals surface area contributed by atoms with Crippen molar-refractivity contribution in [1.82, 2.24) is 31.9 Å². The third-order valence-electron chi connectivity index (χ3n) is 9.20. The first-order valence-corrected chi connectivity index (χ1v) is 19.8. The lowest BCUT2D eigenvalue weighted by atomic mass is 10.00. The molecule has 0 aliphatic rings. The van der Waals surface area contributed by atoms with Crippen molar-refractivity contribution < 1.29 is 59.1 Å². The van der Waals surface area contributed by atoms with Crippen molar-refractivity contribution >= 4 is 41.4 Å². The highest BCUT2D eigenvalue weighted by Crippen LogP contribution is 2.14. The number of hydrogen-bond donors (Lipinski definition) is 13. The molecule has 20 nitrogen and oxygen atoms in total. The number of amides is 6. The number of carbonyl (C=O) groups excluding carboxylic acids is 6. The first-order valence-electron chi connectivity index (χ1n) is 19.8. The van der Waals surface area contributed by atoms with Crippen LogP contribution in [0.2, 0.25) is 0 Å². The van der Waals surface area contributed by atoms with Crippen LogP contribution in [0.4, 0.5) is 0 Å². The smallest absolute Gasteiger partial charge is 0.326 e. The second-order valence-corrected chi connectivity index (χ2v) is 15.7. The Labute approximate surface area is 345 Å². The molecule has 59 heavy (non-hydrogen) atoms. The number of phenols is 1. The Kier molecular flexibility index (Phi) is 22.6. The Morgan fingerprint density at radius 1 is 0.559 bits per heavy atom. The van der Waals surface area contributed by atoms with Crippen LogP contribution in [0.3, 0.4) is 0 Å². The lowest BCUT2D eigenvalue weighted by molar-refractivity contribution is -0.142. The lowest BCUT2D eigenvalue weighted by Gasteiger charge is -2.29. The van der Waals surface area contributed by atoms with Gasteiger partial charge in [-0.15, -0.1) is 0 Å². The van der Waals surface area contributed by atoms with Gasteiger partial charge in [0.15, 0.2) is 0 Å². The number of carboxylic acids is 1. The van der Waals surface area contributed by atoms with Gasteiger partial charge in [0.2, 0.25) is 35.4 Å². The van der Waals surface area contributed by atoms with Gasteiger partial charge in [0.25, 0.3) is 0 Å². The summed E-state index contributed by atoms with van der Waals surface area (Å²) in [4.78, 5) is 92.5. The van der Waals surface area contributed by atoms with Crippen molar-refractivity contribution in [3.05, 3.63) is 29.8 Å². The molecule has 0 saturated heterocycles. The minimum atomic E-state index is -1.73. The van der Waals surface area contributed by atoms with Gasteiger partial charge in [0, 0.05) is 6.42 Å². The van der Waals surface area contributed by atoms with E-state index in [0.29, 0.717) is 18.4 Å². The zero-order chi connectivity index (χ0) is 45.1. The van der Waals surface area contributed by atoms with Crippen LogP contribution in [0.1, 0.15) is 86.1 Å². The molecule has 0 aromatic heterocycles. The number of phenolic OH excluding ortho intramolecular Hbond substituents is 1. The number of nitrogens with two attached hydrogens (primary N) is 2. The van der Waals surface area contributed by atoms with Gasteiger partial charge in [-0.2, -0.15) is 0 Å². The van der Waals surface area contributed by atoms with Gasteiger partial charge in [-0.25, -0.2) is 4.79 Å². The van der Waals surface area contributed by atoms with Gasteiger partial charge in [-0.05, 0) is 89.0 Å².